The average molecular weight is 234 g/mol. The molecule has 3 N–H and O–H groups in total. The van der Waals surface area contributed by atoms with Crippen LogP contribution in [0.5, 0.6) is 0 Å². The van der Waals surface area contributed by atoms with Gasteiger partial charge in [0.1, 0.15) is 11.5 Å². The van der Waals surface area contributed by atoms with Gasteiger partial charge in [-0.05, 0) is 18.6 Å². The first-order valence-corrected chi connectivity index (χ1v) is 5.85. The number of imidazole rings is 1. The number of ether oxygens (including phenoxy) is 1. The Morgan fingerprint density at radius 3 is 3.18 bits per heavy atom. The molecule has 0 bridgehead atoms. The van der Waals surface area contributed by atoms with Gasteiger partial charge in [-0.25, -0.2) is 4.98 Å². The number of hydrogen-bond donors (Lipinski definition) is 2. The molecule has 0 atom stereocenters. The molecule has 2 rings (SSSR count). The molecule has 0 amide bonds. The summed E-state index contributed by atoms with van der Waals surface area (Å²) in [5, 5.41) is 3.36. The highest BCUT2D eigenvalue weighted by molar-refractivity contribution is 5.49. The standard InChI is InChI=1S/C12H18N4O/c13-5-10-17-9-2-6-14-11-3-1-4-12-15-7-8-16(11)12/h1,3-4,7-8,14H,2,5-6,9-10,13H2. The van der Waals surface area contributed by atoms with Crippen molar-refractivity contribution in [3.05, 3.63) is 30.6 Å². The molecule has 2 heterocycles. The van der Waals surface area contributed by atoms with Crippen molar-refractivity contribution in [3.63, 3.8) is 0 Å². The molecule has 5 heteroatoms. The highest BCUT2D eigenvalue weighted by atomic mass is 16.5. The lowest BCUT2D eigenvalue weighted by Gasteiger charge is -2.08. The third-order valence-electron chi connectivity index (χ3n) is 2.46. The van der Waals surface area contributed by atoms with E-state index in [1.165, 1.54) is 0 Å². The Bertz CT molecular complexity index is 454. The molecular formula is C12H18N4O. The Kier molecular flexibility index (Phi) is 4.35. The summed E-state index contributed by atoms with van der Waals surface area (Å²) in [4.78, 5) is 4.23. The molecule has 0 aliphatic rings. The molecule has 0 saturated carbocycles. The van der Waals surface area contributed by atoms with Gasteiger partial charge >= 0.3 is 0 Å². The van der Waals surface area contributed by atoms with Crippen LogP contribution < -0.4 is 11.1 Å². The molecule has 0 unspecified atom stereocenters. The summed E-state index contributed by atoms with van der Waals surface area (Å²) in [5.41, 5.74) is 6.29. The SMILES string of the molecule is NCCOCCCNc1cccc2nccn12. The second-order valence-electron chi connectivity index (χ2n) is 3.75. The van der Waals surface area contributed by atoms with Crippen LogP contribution in [0.25, 0.3) is 5.65 Å². The molecule has 0 aliphatic carbocycles. The first-order valence-electron chi connectivity index (χ1n) is 5.85. The van der Waals surface area contributed by atoms with Crippen LogP contribution in [0.15, 0.2) is 30.6 Å². The number of nitrogens with one attached hydrogen (secondary N) is 1. The van der Waals surface area contributed by atoms with Gasteiger partial charge in [0.25, 0.3) is 0 Å². The van der Waals surface area contributed by atoms with E-state index >= 15 is 0 Å². The first kappa shape index (κ1) is 11.9. The van der Waals surface area contributed by atoms with Crippen molar-refractivity contribution >= 4 is 11.5 Å². The zero-order chi connectivity index (χ0) is 11.9. The number of anilines is 1. The number of fused-ring (bicyclic) bond motifs is 1. The number of nitrogens with zero attached hydrogens (tertiary/aromatic N) is 2. The summed E-state index contributed by atoms with van der Waals surface area (Å²) in [6.07, 6.45) is 4.71. The van der Waals surface area contributed by atoms with Gasteiger partial charge in [-0.3, -0.25) is 4.40 Å². The fraction of sp³-hybridized carbons (Fsp3) is 0.417. The van der Waals surface area contributed by atoms with Gasteiger partial charge in [0.2, 0.25) is 0 Å². The van der Waals surface area contributed by atoms with Crippen molar-refractivity contribution in [2.24, 2.45) is 5.73 Å². The predicted octanol–water partition coefficient (Wildman–Crippen LogP) is 1.11. The maximum atomic E-state index is 5.33. The highest BCUT2D eigenvalue weighted by Gasteiger charge is 1.98. The smallest absolute Gasteiger partial charge is 0.138 e. The largest absolute Gasteiger partial charge is 0.380 e. The summed E-state index contributed by atoms with van der Waals surface area (Å²) >= 11 is 0. The number of hydrogen-bond acceptors (Lipinski definition) is 4. The number of pyridine rings is 1. The van der Waals surface area contributed by atoms with Crippen LogP contribution >= 0.6 is 0 Å². The van der Waals surface area contributed by atoms with Gasteiger partial charge in [0.05, 0.1) is 6.61 Å². The van der Waals surface area contributed by atoms with Gasteiger partial charge < -0.3 is 15.8 Å². The topological polar surface area (TPSA) is 64.6 Å². The summed E-state index contributed by atoms with van der Waals surface area (Å²) in [5.74, 6) is 1.05. The maximum absolute atomic E-state index is 5.33. The van der Waals surface area contributed by atoms with E-state index in [9.17, 15) is 0 Å². The van der Waals surface area contributed by atoms with Crippen molar-refractivity contribution in [2.75, 3.05) is 31.6 Å². The zero-order valence-corrected chi connectivity index (χ0v) is 9.80. The fourth-order valence-corrected chi connectivity index (χ4v) is 1.67. The lowest BCUT2D eigenvalue weighted by atomic mass is 10.4. The van der Waals surface area contributed by atoms with Gasteiger partial charge in [-0.2, -0.15) is 0 Å². The van der Waals surface area contributed by atoms with Crippen molar-refractivity contribution in [1.29, 1.82) is 0 Å². The van der Waals surface area contributed by atoms with Crippen LogP contribution in [-0.2, 0) is 4.74 Å². The Morgan fingerprint density at radius 2 is 2.29 bits per heavy atom. The third-order valence-corrected chi connectivity index (χ3v) is 2.46. The molecule has 0 saturated heterocycles. The summed E-state index contributed by atoms with van der Waals surface area (Å²) in [6, 6.07) is 6.01. The normalized spacial score (nSPS) is 10.9. The molecular weight excluding hydrogens is 216 g/mol. The molecule has 17 heavy (non-hydrogen) atoms. The van der Waals surface area contributed by atoms with Gasteiger partial charge in [0, 0.05) is 32.1 Å². The average Bonchev–Trinajstić information content (AvgIpc) is 2.82. The van der Waals surface area contributed by atoms with Crippen molar-refractivity contribution in [3.8, 4) is 0 Å². The van der Waals surface area contributed by atoms with E-state index < -0.39 is 0 Å². The first-order chi connectivity index (χ1) is 8.42. The minimum absolute atomic E-state index is 0.585. The molecule has 2 aromatic rings. The molecule has 0 radical (unpaired) electrons. The van der Waals surface area contributed by atoms with E-state index in [1.54, 1.807) is 6.20 Å². The van der Waals surface area contributed by atoms with E-state index in [0.717, 1.165) is 31.0 Å². The minimum Gasteiger partial charge on any atom is -0.380 e. The van der Waals surface area contributed by atoms with Crippen molar-refractivity contribution in [1.82, 2.24) is 9.38 Å². The van der Waals surface area contributed by atoms with Crippen LogP contribution in [0.4, 0.5) is 5.82 Å². The Balaban J connectivity index is 1.80. The van der Waals surface area contributed by atoms with Gasteiger partial charge in [-0.1, -0.05) is 6.07 Å². The van der Waals surface area contributed by atoms with Crippen LogP contribution in [-0.4, -0.2) is 35.7 Å². The minimum atomic E-state index is 0.585. The van der Waals surface area contributed by atoms with Crippen LogP contribution in [0, 0.1) is 0 Å². The van der Waals surface area contributed by atoms with E-state index in [1.807, 2.05) is 28.8 Å². The Labute approximate surface area is 101 Å². The quantitative estimate of drug-likeness (QED) is 0.704. The summed E-state index contributed by atoms with van der Waals surface area (Å²) < 4.78 is 7.34. The van der Waals surface area contributed by atoms with Gasteiger partial charge in [-0.15, -0.1) is 0 Å². The highest BCUT2D eigenvalue weighted by Crippen LogP contribution is 2.10. The molecule has 0 fully saturated rings. The number of nitrogens with two attached hydrogens (primary N) is 1. The summed E-state index contributed by atoms with van der Waals surface area (Å²) in [7, 11) is 0. The third kappa shape index (κ3) is 3.18. The lowest BCUT2D eigenvalue weighted by Crippen LogP contribution is -2.12. The number of aromatic nitrogens is 2. The zero-order valence-electron chi connectivity index (χ0n) is 9.80. The Hall–Kier alpha value is -1.59. The fourth-order valence-electron chi connectivity index (χ4n) is 1.67. The molecule has 5 nitrogen and oxygen atoms in total. The Morgan fingerprint density at radius 1 is 1.35 bits per heavy atom. The van der Waals surface area contributed by atoms with Crippen molar-refractivity contribution in [2.45, 2.75) is 6.42 Å². The number of rotatable bonds is 7. The van der Waals surface area contributed by atoms with E-state index in [2.05, 4.69) is 10.3 Å². The van der Waals surface area contributed by atoms with E-state index in [-0.39, 0.29) is 0 Å². The second-order valence-corrected chi connectivity index (χ2v) is 3.75. The maximum Gasteiger partial charge on any atom is 0.138 e. The second kappa shape index (κ2) is 6.22. The van der Waals surface area contributed by atoms with Crippen LogP contribution in [0.3, 0.4) is 0 Å². The van der Waals surface area contributed by atoms with Crippen LogP contribution in [0.1, 0.15) is 6.42 Å². The lowest BCUT2D eigenvalue weighted by molar-refractivity contribution is 0.141. The molecule has 2 aromatic heterocycles. The predicted molar refractivity (Wildman–Crippen MR) is 68.2 cm³/mol. The van der Waals surface area contributed by atoms with Crippen molar-refractivity contribution < 1.29 is 4.74 Å². The van der Waals surface area contributed by atoms with E-state index in [4.69, 9.17) is 10.5 Å². The van der Waals surface area contributed by atoms with Gasteiger partial charge in [0.15, 0.2) is 0 Å². The molecule has 0 aliphatic heterocycles. The molecule has 92 valence electrons. The summed E-state index contributed by atoms with van der Waals surface area (Å²) in [6.45, 7) is 2.84. The molecule has 0 spiro atoms. The van der Waals surface area contributed by atoms with Crippen LogP contribution in [0.2, 0.25) is 0 Å². The van der Waals surface area contributed by atoms with E-state index in [0.29, 0.717) is 13.2 Å². The molecule has 0 aromatic carbocycles. The monoisotopic (exact) mass is 234 g/mol.